The van der Waals surface area contributed by atoms with E-state index < -0.39 is 16.1 Å². The molecular formula is C17H17N3O3S3. The van der Waals surface area contributed by atoms with Crippen LogP contribution in [0.25, 0.3) is 10.2 Å². The van der Waals surface area contributed by atoms with Crippen LogP contribution in [-0.4, -0.2) is 36.2 Å². The van der Waals surface area contributed by atoms with Gasteiger partial charge in [-0.3, -0.25) is 4.79 Å². The van der Waals surface area contributed by atoms with Crippen molar-refractivity contribution in [3.8, 4) is 0 Å². The molecule has 1 aliphatic rings. The van der Waals surface area contributed by atoms with Crippen molar-refractivity contribution in [3.05, 3.63) is 41.8 Å². The molecule has 1 fully saturated rings. The van der Waals surface area contributed by atoms with Gasteiger partial charge in [0.2, 0.25) is 5.91 Å². The highest BCUT2D eigenvalue weighted by molar-refractivity contribution is 7.91. The molecule has 1 N–H and O–H groups in total. The predicted molar refractivity (Wildman–Crippen MR) is 104 cm³/mol. The maximum atomic E-state index is 12.9. The molecule has 1 atom stereocenters. The third kappa shape index (κ3) is 3.27. The molecule has 136 valence electrons. The van der Waals surface area contributed by atoms with Gasteiger partial charge >= 0.3 is 0 Å². The van der Waals surface area contributed by atoms with Crippen molar-refractivity contribution >= 4 is 54.0 Å². The SMILES string of the molecule is O=C(Nc1nc2ccccc2s1)[C@H]1CCCCN1S(=O)(=O)c1cccs1. The third-order valence-electron chi connectivity index (χ3n) is 4.34. The minimum Gasteiger partial charge on any atom is -0.301 e. The lowest BCUT2D eigenvalue weighted by molar-refractivity contribution is -0.120. The maximum absolute atomic E-state index is 12.9. The summed E-state index contributed by atoms with van der Waals surface area (Å²) in [6.45, 7) is 0.359. The Morgan fingerprint density at radius 2 is 2.04 bits per heavy atom. The lowest BCUT2D eigenvalue weighted by atomic mass is 10.0. The maximum Gasteiger partial charge on any atom is 0.253 e. The van der Waals surface area contributed by atoms with E-state index in [1.54, 1.807) is 17.5 Å². The molecule has 1 aliphatic heterocycles. The number of fused-ring (bicyclic) bond motifs is 1. The molecule has 4 rings (SSSR count). The van der Waals surface area contributed by atoms with Gasteiger partial charge in [-0.2, -0.15) is 4.31 Å². The van der Waals surface area contributed by atoms with Crippen LogP contribution in [0.4, 0.5) is 5.13 Å². The number of hydrogen-bond acceptors (Lipinski definition) is 6. The highest BCUT2D eigenvalue weighted by Gasteiger charge is 2.38. The van der Waals surface area contributed by atoms with Crippen molar-refractivity contribution < 1.29 is 13.2 Å². The van der Waals surface area contributed by atoms with Gasteiger partial charge in [-0.05, 0) is 36.4 Å². The van der Waals surface area contributed by atoms with Gasteiger partial charge in [0.1, 0.15) is 10.3 Å². The summed E-state index contributed by atoms with van der Waals surface area (Å²) in [4.78, 5) is 17.2. The van der Waals surface area contributed by atoms with Gasteiger partial charge in [0.05, 0.1) is 10.2 Å². The molecule has 3 heterocycles. The van der Waals surface area contributed by atoms with E-state index >= 15 is 0 Å². The number of aromatic nitrogens is 1. The van der Waals surface area contributed by atoms with E-state index in [-0.39, 0.29) is 10.1 Å². The van der Waals surface area contributed by atoms with Crippen molar-refractivity contribution in [1.29, 1.82) is 0 Å². The van der Waals surface area contributed by atoms with E-state index in [2.05, 4.69) is 10.3 Å². The summed E-state index contributed by atoms with van der Waals surface area (Å²) in [6, 6.07) is 10.2. The number of sulfonamides is 1. The molecule has 9 heteroatoms. The van der Waals surface area contributed by atoms with E-state index in [9.17, 15) is 13.2 Å². The minimum atomic E-state index is -3.66. The first-order valence-electron chi connectivity index (χ1n) is 8.27. The van der Waals surface area contributed by atoms with Crippen LogP contribution in [0.15, 0.2) is 46.0 Å². The fourth-order valence-electron chi connectivity index (χ4n) is 3.09. The fraction of sp³-hybridized carbons (Fsp3) is 0.294. The molecular weight excluding hydrogens is 390 g/mol. The molecule has 1 amide bonds. The molecule has 0 spiro atoms. The summed E-state index contributed by atoms with van der Waals surface area (Å²) in [5.74, 6) is -0.316. The first kappa shape index (κ1) is 17.6. The molecule has 2 aromatic heterocycles. The number of benzene rings is 1. The molecule has 26 heavy (non-hydrogen) atoms. The molecule has 0 bridgehead atoms. The first-order chi connectivity index (χ1) is 12.6. The Kier molecular flexibility index (Phi) is 4.78. The average molecular weight is 408 g/mol. The molecule has 0 radical (unpaired) electrons. The van der Waals surface area contributed by atoms with Crippen LogP contribution in [0.1, 0.15) is 19.3 Å². The minimum absolute atomic E-state index is 0.275. The monoisotopic (exact) mass is 407 g/mol. The van der Waals surface area contributed by atoms with Crippen molar-refractivity contribution in [2.24, 2.45) is 0 Å². The number of nitrogens with zero attached hydrogens (tertiary/aromatic N) is 2. The third-order valence-corrected chi connectivity index (χ3v) is 8.57. The molecule has 0 unspecified atom stereocenters. The van der Waals surface area contributed by atoms with Gasteiger partial charge in [-0.1, -0.05) is 36.0 Å². The van der Waals surface area contributed by atoms with Crippen LogP contribution < -0.4 is 5.32 Å². The number of thiazole rings is 1. The number of rotatable bonds is 4. The van der Waals surface area contributed by atoms with Gasteiger partial charge in [-0.25, -0.2) is 13.4 Å². The zero-order valence-electron chi connectivity index (χ0n) is 13.8. The van der Waals surface area contributed by atoms with Crippen LogP contribution in [0.5, 0.6) is 0 Å². The highest BCUT2D eigenvalue weighted by atomic mass is 32.2. The van der Waals surface area contributed by atoms with Gasteiger partial charge in [-0.15, -0.1) is 11.3 Å². The van der Waals surface area contributed by atoms with Crippen LogP contribution in [-0.2, 0) is 14.8 Å². The Bertz CT molecular complexity index is 995. The normalized spacial score (nSPS) is 18.8. The molecule has 3 aromatic rings. The zero-order valence-corrected chi connectivity index (χ0v) is 16.2. The molecule has 6 nitrogen and oxygen atoms in total. The number of para-hydroxylation sites is 1. The summed E-state index contributed by atoms with van der Waals surface area (Å²) >= 11 is 2.56. The standard InChI is InChI=1S/C17H17N3O3S3/c21-16(19-17-18-12-6-1-2-8-14(12)25-17)13-7-3-4-10-20(13)26(22,23)15-9-5-11-24-15/h1-2,5-6,8-9,11,13H,3-4,7,10H2,(H,18,19,21)/t13-/m1/s1. The lowest BCUT2D eigenvalue weighted by Crippen LogP contribution is -2.49. The Balaban J connectivity index is 1.58. The fourth-order valence-corrected chi connectivity index (χ4v) is 6.74. The molecule has 1 aromatic carbocycles. The summed E-state index contributed by atoms with van der Waals surface area (Å²) in [7, 11) is -3.66. The van der Waals surface area contributed by atoms with Crippen LogP contribution in [0.2, 0.25) is 0 Å². The Hall–Kier alpha value is -1.81. The highest BCUT2D eigenvalue weighted by Crippen LogP contribution is 2.30. The number of carbonyl (C=O) groups excluding carboxylic acids is 1. The Morgan fingerprint density at radius 3 is 2.81 bits per heavy atom. The van der Waals surface area contributed by atoms with Gasteiger partial charge < -0.3 is 5.32 Å². The molecule has 0 saturated carbocycles. The predicted octanol–water partition coefficient (Wildman–Crippen LogP) is 3.54. The van der Waals surface area contributed by atoms with Crippen molar-refractivity contribution in [3.63, 3.8) is 0 Å². The zero-order chi connectivity index (χ0) is 18.1. The number of thiophene rings is 1. The van der Waals surface area contributed by atoms with Crippen molar-refractivity contribution in [1.82, 2.24) is 9.29 Å². The van der Waals surface area contributed by atoms with Gasteiger partial charge in [0.15, 0.2) is 5.13 Å². The summed E-state index contributed by atoms with van der Waals surface area (Å²) in [5, 5.41) is 5.04. The van der Waals surface area contributed by atoms with Crippen molar-refractivity contribution in [2.45, 2.75) is 29.5 Å². The second-order valence-corrected chi connectivity index (χ2v) is 10.1. The van der Waals surface area contributed by atoms with E-state index in [4.69, 9.17) is 0 Å². The topological polar surface area (TPSA) is 79.4 Å². The van der Waals surface area contributed by atoms with E-state index in [1.807, 2.05) is 24.3 Å². The van der Waals surface area contributed by atoms with Gasteiger partial charge in [0.25, 0.3) is 10.0 Å². The lowest BCUT2D eigenvalue weighted by Gasteiger charge is -2.32. The Morgan fingerprint density at radius 1 is 1.19 bits per heavy atom. The van der Waals surface area contributed by atoms with E-state index in [1.165, 1.54) is 27.0 Å². The Labute approximate surface area is 159 Å². The summed E-state index contributed by atoms with van der Waals surface area (Å²) in [5.41, 5.74) is 0.819. The van der Waals surface area contributed by atoms with Crippen LogP contribution in [0.3, 0.4) is 0 Å². The molecule has 1 saturated heterocycles. The number of anilines is 1. The van der Waals surface area contributed by atoms with Crippen LogP contribution in [0, 0.1) is 0 Å². The average Bonchev–Trinajstić information content (AvgIpc) is 3.31. The van der Waals surface area contributed by atoms with Gasteiger partial charge in [0, 0.05) is 6.54 Å². The number of nitrogens with one attached hydrogen (secondary N) is 1. The first-order valence-corrected chi connectivity index (χ1v) is 11.4. The van der Waals surface area contributed by atoms with Crippen LogP contribution >= 0.6 is 22.7 Å². The largest absolute Gasteiger partial charge is 0.301 e. The number of amides is 1. The number of piperidine rings is 1. The van der Waals surface area contributed by atoms with E-state index in [0.29, 0.717) is 18.1 Å². The quantitative estimate of drug-likeness (QED) is 0.717. The second kappa shape index (κ2) is 7.07. The van der Waals surface area contributed by atoms with Crippen molar-refractivity contribution in [2.75, 3.05) is 11.9 Å². The smallest absolute Gasteiger partial charge is 0.253 e. The van der Waals surface area contributed by atoms with E-state index in [0.717, 1.165) is 23.1 Å². The number of hydrogen-bond donors (Lipinski definition) is 1. The number of carbonyl (C=O) groups is 1. The second-order valence-electron chi connectivity index (χ2n) is 6.04. The summed E-state index contributed by atoms with van der Waals surface area (Å²) in [6.07, 6.45) is 2.10. The molecule has 0 aliphatic carbocycles. The summed E-state index contributed by atoms with van der Waals surface area (Å²) < 4.78 is 28.4.